The average molecular weight is 246 g/mol. The first kappa shape index (κ1) is 12.3. The zero-order chi connectivity index (χ0) is 12.3. The molecule has 2 nitrogen and oxygen atoms in total. The van der Waals surface area contributed by atoms with Gasteiger partial charge in [0.25, 0.3) is 0 Å². The van der Waals surface area contributed by atoms with Crippen molar-refractivity contribution in [3.63, 3.8) is 0 Å². The second-order valence-corrected chi connectivity index (χ2v) is 5.46. The summed E-state index contributed by atoms with van der Waals surface area (Å²) in [5.41, 5.74) is 6.82. The van der Waals surface area contributed by atoms with Crippen molar-refractivity contribution in [2.75, 3.05) is 0 Å². The Morgan fingerprint density at radius 2 is 1.88 bits per heavy atom. The van der Waals surface area contributed by atoms with E-state index in [0.29, 0.717) is 0 Å². The van der Waals surface area contributed by atoms with Gasteiger partial charge >= 0.3 is 0 Å². The van der Waals surface area contributed by atoms with Crippen LogP contribution in [0.25, 0.3) is 0 Å². The number of hydrazine groups is 1. The molecule has 1 unspecified atom stereocenters. The van der Waals surface area contributed by atoms with E-state index in [-0.39, 0.29) is 6.04 Å². The smallest absolute Gasteiger partial charge is 0.0511 e. The monoisotopic (exact) mass is 246 g/mol. The third-order valence-electron chi connectivity index (χ3n) is 3.04. The highest BCUT2D eigenvalue weighted by atomic mass is 32.1. The van der Waals surface area contributed by atoms with E-state index >= 15 is 0 Å². The van der Waals surface area contributed by atoms with Gasteiger partial charge in [-0.15, -0.1) is 11.3 Å². The molecule has 17 heavy (non-hydrogen) atoms. The predicted molar refractivity (Wildman–Crippen MR) is 74.0 cm³/mol. The fraction of sp³-hybridized carbons (Fsp3) is 0.286. The van der Waals surface area contributed by atoms with Crippen LogP contribution in [0.4, 0.5) is 0 Å². The molecule has 1 aromatic carbocycles. The standard InChI is InChI=1S/C14H18N2S/c1-10-3-5-12(6-4-10)9-14(16-15)13-7-8-17-11(13)2/h3-8,14,16H,9,15H2,1-2H3. The van der Waals surface area contributed by atoms with Gasteiger partial charge < -0.3 is 0 Å². The van der Waals surface area contributed by atoms with Crippen molar-refractivity contribution in [1.82, 2.24) is 5.43 Å². The number of aryl methyl sites for hydroxylation is 2. The normalized spacial score (nSPS) is 12.6. The Kier molecular flexibility index (Phi) is 3.94. The van der Waals surface area contributed by atoms with Crippen molar-refractivity contribution >= 4 is 11.3 Å². The molecule has 0 aliphatic heterocycles. The summed E-state index contributed by atoms with van der Waals surface area (Å²) in [6.07, 6.45) is 0.925. The molecule has 0 spiro atoms. The minimum atomic E-state index is 0.198. The Morgan fingerprint density at radius 1 is 1.18 bits per heavy atom. The van der Waals surface area contributed by atoms with E-state index in [1.807, 2.05) is 0 Å². The number of nitrogens with one attached hydrogen (secondary N) is 1. The summed E-state index contributed by atoms with van der Waals surface area (Å²) in [5, 5.41) is 2.12. The third kappa shape index (κ3) is 2.94. The van der Waals surface area contributed by atoms with Crippen LogP contribution in [0.15, 0.2) is 35.7 Å². The van der Waals surface area contributed by atoms with Crippen LogP contribution < -0.4 is 11.3 Å². The number of nitrogens with two attached hydrogens (primary N) is 1. The molecule has 90 valence electrons. The number of benzene rings is 1. The lowest BCUT2D eigenvalue weighted by molar-refractivity contribution is 0.551. The van der Waals surface area contributed by atoms with Crippen LogP contribution in [0.5, 0.6) is 0 Å². The highest BCUT2D eigenvalue weighted by Crippen LogP contribution is 2.25. The Labute approximate surface area is 106 Å². The molecule has 1 aromatic heterocycles. The molecule has 0 radical (unpaired) electrons. The molecule has 2 aromatic rings. The molecule has 0 aliphatic rings. The van der Waals surface area contributed by atoms with Gasteiger partial charge in [-0.3, -0.25) is 11.3 Å². The molecular weight excluding hydrogens is 228 g/mol. The topological polar surface area (TPSA) is 38.0 Å². The molecule has 0 aliphatic carbocycles. The second kappa shape index (κ2) is 5.45. The summed E-state index contributed by atoms with van der Waals surface area (Å²) >= 11 is 1.77. The van der Waals surface area contributed by atoms with Gasteiger partial charge in [-0.1, -0.05) is 29.8 Å². The van der Waals surface area contributed by atoms with E-state index in [1.54, 1.807) is 11.3 Å². The van der Waals surface area contributed by atoms with E-state index in [9.17, 15) is 0 Å². The van der Waals surface area contributed by atoms with Crippen LogP contribution in [-0.4, -0.2) is 0 Å². The Hall–Kier alpha value is -1.16. The number of hydrogen-bond donors (Lipinski definition) is 2. The first-order valence-electron chi connectivity index (χ1n) is 5.76. The van der Waals surface area contributed by atoms with Crippen molar-refractivity contribution < 1.29 is 0 Å². The van der Waals surface area contributed by atoms with Gasteiger partial charge in [0.1, 0.15) is 0 Å². The summed E-state index contributed by atoms with van der Waals surface area (Å²) in [6, 6.07) is 11.0. The van der Waals surface area contributed by atoms with E-state index in [4.69, 9.17) is 5.84 Å². The highest BCUT2D eigenvalue weighted by molar-refractivity contribution is 7.10. The van der Waals surface area contributed by atoms with Crippen LogP contribution in [0.1, 0.15) is 27.6 Å². The second-order valence-electron chi connectivity index (χ2n) is 4.34. The minimum Gasteiger partial charge on any atom is -0.271 e. The number of hydrogen-bond acceptors (Lipinski definition) is 3. The first-order valence-corrected chi connectivity index (χ1v) is 6.64. The van der Waals surface area contributed by atoms with Gasteiger partial charge in [0.2, 0.25) is 0 Å². The molecule has 0 amide bonds. The lowest BCUT2D eigenvalue weighted by Gasteiger charge is -2.16. The fourth-order valence-electron chi connectivity index (χ4n) is 1.97. The Morgan fingerprint density at radius 3 is 2.41 bits per heavy atom. The molecule has 0 bridgehead atoms. The summed E-state index contributed by atoms with van der Waals surface area (Å²) in [6.45, 7) is 4.24. The van der Waals surface area contributed by atoms with Gasteiger partial charge in [-0.25, -0.2) is 0 Å². The molecule has 3 N–H and O–H groups in total. The summed E-state index contributed by atoms with van der Waals surface area (Å²) < 4.78 is 0. The van der Waals surface area contributed by atoms with Crippen molar-refractivity contribution in [3.05, 3.63) is 57.3 Å². The summed E-state index contributed by atoms with van der Waals surface area (Å²) in [7, 11) is 0. The van der Waals surface area contributed by atoms with Crippen molar-refractivity contribution in [2.24, 2.45) is 5.84 Å². The molecule has 0 saturated carbocycles. The lowest BCUT2D eigenvalue weighted by atomic mass is 9.99. The zero-order valence-electron chi connectivity index (χ0n) is 10.2. The van der Waals surface area contributed by atoms with Crippen molar-refractivity contribution in [1.29, 1.82) is 0 Å². The minimum absolute atomic E-state index is 0.198. The fourth-order valence-corrected chi connectivity index (χ4v) is 2.74. The molecule has 1 heterocycles. The van der Waals surface area contributed by atoms with Crippen molar-refractivity contribution in [3.8, 4) is 0 Å². The third-order valence-corrected chi connectivity index (χ3v) is 3.90. The van der Waals surface area contributed by atoms with E-state index in [0.717, 1.165) is 6.42 Å². The van der Waals surface area contributed by atoms with Crippen LogP contribution >= 0.6 is 11.3 Å². The maximum Gasteiger partial charge on any atom is 0.0511 e. The van der Waals surface area contributed by atoms with Gasteiger partial charge in [0.15, 0.2) is 0 Å². The zero-order valence-corrected chi connectivity index (χ0v) is 11.1. The largest absolute Gasteiger partial charge is 0.271 e. The molecule has 2 rings (SSSR count). The molecule has 0 saturated heterocycles. The molecule has 3 heteroatoms. The van der Waals surface area contributed by atoms with Gasteiger partial charge in [-0.2, -0.15) is 0 Å². The molecule has 1 atom stereocenters. The SMILES string of the molecule is Cc1ccc(CC(NN)c2ccsc2C)cc1. The summed E-state index contributed by atoms with van der Waals surface area (Å²) in [4.78, 5) is 1.33. The van der Waals surface area contributed by atoms with Crippen LogP contribution in [0, 0.1) is 13.8 Å². The molecule has 0 fully saturated rings. The average Bonchev–Trinajstić information content (AvgIpc) is 2.75. The Bertz CT molecular complexity index is 473. The maximum absolute atomic E-state index is 5.67. The van der Waals surface area contributed by atoms with Gasteiger partial charge in [0.05, 0.1) is 6.04 Å². The quantitative estimate of drug-likeness (QED) is 0.642. The summed E-state index contributed by atoms with van der Waals surface area (Å²) in [5.74, 6) is 5.67. The van der Waals surface area contributed by atoms with E-state index < -0.39 is 0 Å². The van der Waals surface area contributed by atoms with Crippen LogP contribution in [0.2, 0.25) is 0 Å². The predicted octanol–water partition coefficient (Wildman–Crippen LogP) is 3.11. The van der Waals surface area contributed by atoms with Crippen LogP contribution in [-0.2, 0) is 6.42 Å². The van der Waals surface area contributed by atoms with E-state index in [2.05, 4.69) is 55.0 Å². The number of rotatable bonds is 4. The highest BCUT2D eigenvalue weighted by Gasteiger charge is 2.13. The Balaban J connectivity index is 2.16. The maximum atomic E-state index is 5.67. The van der Waals surface area contributed by atoms with E-state index in [1.165, 1.54) is 21.6 Å². The van der Waals surface area contributed by atoms with Crippen LogP contribution in [0.3, 0.4) is 0 Å². The lowest BCUT2D eigenvalue weighted by Crippen LogP contribution is -2.29. The molecular formula is C14H18N2S. The van der Waals surface area contributed by atoms with Crippen molar-refractivity contribution in [2.45, 2.75) is 26.3 Å². The first-order chi connectivity index (χ1) is 8.20. The van der Waals surface area contributed by atoms with Gasteiger partial charge in [-0.05, 0) is 42.8 Å². The number of thiophene rings is 1. The van der Waals surface area contributed by atoms with Gasteiger partial charge in [0, 0.05) is 4.88 Å².